The first kappa shape index (κ1) is 14.8. The predicted molar refractivity (Wildman–Crippen MR) is 69.6 cm³/mol. The summed E-state index contributed by atoms with van der Waals surface area (Å²) in [6.07, 6.45) is -1.06. The second-order valence-electron chi connectivity index (χ2n) is 4.47. The second-order valence-corrected chi connectivity index (χ2v) is 6.17. The average Bonchev–Trinajstić information content (AvgIpc) is 2.93. The molecular formula is C12H16N2O5S. The molecule has 2 aromatic rings. The molecule has 0 aliphatic rings. The van der Waals surface area contributed by atoms with Crippen LogP contribution in [0.5, 0.6) is 0 Å². The second kappa shape index (κ2) is 5.39. The zero-order chi connectivity index (χ0) is 14.9. The molecule has 0 saturated heterocycles. The van der Waals surface area contributed by atoms with Crippen LogP contribution in [0.2, 0.25) is 0 Å². The van der Waals surface area contributed by atoms with Gasteiger partial charge in [-0.25, -0.2) is 13.1 Å². The Morgan fingerprint density at radius 2 is 2.05 bits per heavy atom. The lowest BCUT2D eigenvalue weighted by atomic mass is 10.3. The van der Waals surface area contributed by atoms with Gasteiger partial charge in [-0.1, -0.05) is 5.16 Å². The van der Waals surface area contributed by atoms with Gasteiger partial charge in [0, 0.05) is 6.54 Å². The number of nitrogens with one attached hydrogen (secondary N) is 1. The van der Waals surface area contributed by atoms with Crippen LogP contribution in [0.1, 0.15) is 29.1 Å². The first-order valence-corrected chi connectivity index (χ1v) is 7.46. The smallest absolute Gasteiger partial charge is 0.246 e. The Labute approximate surface area is 116 Å². The van der Waals surface area contributed by atoms with E-state index in [0.29, 0.717) is 11.5 Å². The molecule has 2 heterocycles. The Balaban J connectivity index is 2.10. The van der Waals surface area contributed by atoms with Gasteiger partial charge < -0.3 is 14.0 Å². The maximum Gasteiger partial charge on any atom is 0.246 e. The van der Waals surface area contributed by atoms with E-state index in [0.717, 1.165) is 0 Å². The summed E-state index contributed by atoms with van der Waals surface area (Å²) in [5, 5.41) is 13.5. The molecule has 0 fully saturated rings. The van der Waals surface area contributed by atoms with E-state index in [1.807, 2.05) is 0 Å². The number of aromatic nitrogens is 1. The minimum absolute atomic E-state index is 0.000301. The van der Waals surface area contributed by atoms with Crippen LogP contribution < -0.4 is 4.72 Å². The Hall–Kier alpha value is -1.64. The Kier molecular flexibility index (Phi) is 3.98. The number of furan rings is 1. The molecular weight excluding hydrogens is 284 g/mol. The number of nitrogens with zero attached hydrogens (tertiary/aromatic N) is 1. The summed E-state index contributed by atoms with van der Waals surface area (Å²) in [5.74, 6) is 1.16. The summed E-state index contributed by atoms with van der Waals surface area (Å²) < 4.78 is 36.6. The quantitative estimate of drug-likeness (QED) is 0.859. The maximum absolute atomic E-state index is 12.1. The minimum Gasteiger partial charge on any atom is -0.464 e. The van der Waals surface area contributed by atoms with Crippen molar-refractivity contribution in [1.29, 1.82) is 0 Å². The number of aryl methyl sites for hydroxylation is 3. The third kappa shape index (κ3) is 2.92. The highest BCUT2D eigenvalue weighted by atomic mass is 32.2. The number of hydrogen-bond donors (Lipinski definition) is 2. The van der Waals surface area contributed by atoms with E-state index in [1.165, 1.54) is 13.8 Å². The van der Waals surface area contributed by atoms with Crippen LogP contribution in [0.3, 0.4) is 0 Å². The highest BCUT2D eigenvalue weighted by Gasteiger charge is 2.25. The first-order valence-electron chi connectivity index (χ1n) is 5.98. The summed E-state index contributed by atoms with van der Waals surface area (Å²) in [6.45, 7) is 4.60. The SMILES string of the molecule is Cc1ccc([C@@H](O)CNS(=O)(=O)c2c(C)noc2C)o1. The van der Waals surface area contributed by atoms with Crippen molar-refractivity contribution in [3.05, 3.63) is 35.1 Å². The molecule has 110 valence electrons. The normalized spacial score (nSPS) is 13.6. The van der Waals surface area contributed by atoms with Crippen molar-refractivity contribution in [3.63, 3.8) is 0 Å². The largest absolute Gasteiger partial charge is 0.464 e. The fourth-order valence-corrected chi connectivity index (χ4v) is 3.22. The monoisotopic (exact) mass is 300 g/mol. The van der Waals surface area contributed by atoms with Crippen molar-refractivity contribution < 1.29 is 22.5 Å². The molecule has 0 aliphatic carbocycles. The van der Waals surface area contributed by atoms with Crippen molar-refractivity contribution >= 4 is 10.0 Å². The van der Waals surface area contributed by atoms with Crippen LogP contribution in [-0.4, -0.2) is 25.2 Å². The fraction of sp³-hybridized carbons (Fsp3) is 0.417. The molecule has 0 saturated carbocycles. The maximum atomic E-state index is 12.1. The van der Waals surface area contributed by atoms with Gasteiger partial charge >= 0.3 is 0 Å². The number of hydrogen-bond acceptors (Lipinski definition) is 6. The minimum atomic E-state index is -3.78. The molecule has 7 nitrogen and oxygen atoms in total. The number of sulfonamides is 1. The van der Waals surface area contributed by atoms with Crippen LogP contribution in [0.25, 0.3) is 0 Å². The summed E-state index contributed by atoms with van der Waals surface area (Å²) in [6, 6.07) is 3.30. The molecule has 0 radical (unpaired) electrons. The van der Waals surface area contributed by atoms with E-state index in [-0.39, 0.29) is 22.9 Å². The number of rotatable bonds is 5. The zero-order valence-electron chi connectivity index (χ0n) is 11.4. The van der Waals surface area contributed by atoms with Gasteiger partial charge in [0.25, 0.3) is 0 Å². The standard InChI is InChI=1S/C12H16N2O5S/c1-7-4-5-11(18-7)10(15)6-13-20(16,17)12-8(2)14-19-9(12)3/h4-5,10,13,15H,6H2,1-3H3/t10-/m0/s1. The lowest BCUT2D eigenvalue weighted by molar-refractivity contribution is 0.152. The van der Waals surface area contributed by atoms with Gasteiger partial charge in [0.2, 0.25) is 10.0 Å². The lowest BCUT2D eigenvalue weighted by Gasteiger charge is -2.10. The molecule has 2 N–H and O–H groups in total. The van der Waals surface area contributed by atoms with Crippen LogP contribution in [0.15, 0.2) is 26.0 Å². The third-order valence-corrected chi connectivity index (χ3v) is 4.46. The van der Waals surface area contributed by atoms with Crippen LogP contribution in [0.4, 0.5) is 0 Å². The molecule has 2 aromatic heterocycles. The van der Waals surface area contributed by atoms with Crippen molar-refractivity contribution in [2.45, 2.75) is 31.8 Å². The Morgan fingerprint density at radius 1 is 1.35 bits per heavy atom. The molecule has 1 atom stereocenters. The Bertz CT molecular complexity index is 682. The van der Waals surface area contributed by atoms with E-state index in [2.05, 4.69) is 9.88 Å². The third-order valence-electron chi connectivity index (χ3n) is 2.79. The molecule has 0 aliphatic heterocycles. The van der Waals surface area contributed by atoms with E-state index in [1.54, 1.807) is 19.1 Å². The van der Waals surface area contributed by atoms with E-state index in [4.69, 9.17) is 8.94 Å². The topological polar surface area (TPSA) is 106 Å². The Morgan fingerprint density at radius 3 is 2.55 bits per heavy atom. The first-order chi connectivity index (χ1) is 9.31. The summed E-state index contributed by atoms with van der Waals surface area (Å²) in [5.41, 5.74) is 0.276. The van der Waals surface area contributed by atoms with E-state index >= 15 is 0 Å². The van der Waals surface area contributed by atoms with Gasteiger partial charge in [0.15, 0.2) is 5.76 Å². The van der Waals surface area contributed by atoms with Crippen LogP contribution in [0, 0.1) is 20.8 Å². The number of aliphatic hydroxyl groups is 1. The lowest BCUT2D eigenvalue weighted by Crippen LogP contribution is -2.29. The molecule has 2 rings (SSSR count). The highest BCUT2D eigenvalue weighted by molar-refractivity contribution is 7.89. The molecule has 0 unspecified atom stereocenters. The van der Waals surface area contributed by atoms with E-state index in [9.17, 15) is 13.5 Å². The van der Waals surface area contributed by atoms with E-state index < -0.39 is 16.1 Å². The van der Waals surface area contributed by atoms with Crippen LogP contribution >= 0.6 is 0 Å². The van der Waals surface area contributed by atoms with Gasteiger partial charge in [-0.15, -0.1) is 0 Å². The van der Waals surface area contributed by atoms with Crippen molar-refractivity contribution in [3.8, 4) is 0 Å². The summed E-state index contributed by atoms with van der Waals surface area (Å²) >= 11 is 0. The molecule has 8 heteroatoms. The number of aliphatic hydroxyl groups excluding tert-OH is 1. The van der Waals surface area contributed by atoms with Crippen molar-refractivity contribution in [1.82, 2.24) is 9.88 Å². The highest BCUT2D eigenvalue weighted by Crippen LogP contribution is 2.20. The fourth-order valence-electron chi connectivity index (χ4n) is 1.85. The molecule has 0 aromatic carbocycles. The van der Waals surface area contributed by atoms with Gasteiger partial charge in [0.1, 0.15) is 28.2 Å². The van der Waals surface area contributed by atoms with Crippen molar-refractivity contribution in [2.24, 2.45) is 0 Å². The van der Waals surface area contributed by atoms with Gasteiger partial charge in [0.05, 0.1) is 0 Å². The summed E-state index contributed by atoms with van der Waals surface area (Å²) in [4.78, 5) is 0.000301. The van der Waals surface area contributed by atoms with Crippen LogP contribution in [-0.2, 0) is 10.0 Å². The average molecular weight is 300 g/mol. The van der Waals surface area contributed by atoms with Gasteiger partial charge in [-0.05, 0) is 32.9 Å². The van der Waals surface area contributed by atoms with Gasteiger partial charge in [-0.2, -0.15) is 0 Å². The molecule has 0 spiro atoms. The summed E-state index contributed by atoms with van der Waals surface area (Å²) in [7, 11) is -3.78. The molecule has 0 bridgehead atoms. The van der Waals surface area contributed by atoms with Gasteiger partial charge in [-0.3, -0.25) is 0 Å². The zero-order valence-corrected chi connectivity index (χ0v) is 12.2. The molecule has 20 heavy (non-hydrogen) atoms. The predicted octanol–water partition coefficient (Wildman–Crippen LogP) is 1.20. The molecule has 0 amide bonds. The van der Waals surface area contributed by atoms with Crippen molar-refractivity contribution in [2.75, 3.05) is 6.54 Å².